The van der Waals surface area contributed by atoms with Gasteiger partial charge in [-0.15, -0.1) is 0 Å². The van der Waals surface area contributed by atoms with Crippen LogP contribution in [-0.4, -0.2) is 0 Å². The highest BCUT2D eigenvalue weighted by Crippen LogP contribution is 2.44. The number of para-hydroxylation sites is 1. The van der Waals surface area contributed by atoms with Crippen LogP contribution in [0.4, 0.5) is 17.1 Å². The Morgan fingerprint density at radius 2 is 1.07 bits per heavy atom. The molecule has 216 valence electrons. The summed E-state index contributed by atoms with van der Waals surface area (Å²) in [6, 6.07) is 56.6. The quantitative estimate of drug-likeness (QED) is 0.182. The predicted molar refractivity (Wildman–Crippen MR) is 189 cm³/mol. The zero-order chi connectivity index (χ0) is 30.3. The largest absolute Gasteiger partial charge is 0.456 e. The number of anilines is 3. The molecule has 0 aliphatic carbocycles. The molecule has 2 nitrogen and oxygen atoms in total. The molecule has 45 heavy (non-hydrogen) atoms. The maximum absolute atomic E-state index is 6.81. The van der Waals surface area contributed by atoms with E-state index in [-0.39, 0.29) is 5.92 Å². The van der Waals surface area contributed by atoms with Gasteiger partial charge in [0, 0.05) is 39.8 Å². The van der Waals surface area contributed by atoms with Gasteiger partial charge in [0.1, 0.15) is 11.2 Å². The van der Waals surface area contributed by atoms with Gasteiger partial charge in [0.05, 0.1) is 0 Å². The summed E-state index contributed by atoms with van der Waals surface area (Å²) in [5.74, 6) is 0.0686. The Balaban J connectivity index is 1.36. The van der Waals surface area contributed by atoms with Gasteiger partial charge < -0.3 is 9.32 Å². The van der Waals surface area contributed by atoms with Gasteiger partial charge >= 0.3 is 0 Å². The Bertz CT molecular complexity index is 2300. The van der Waals surface area contributed by atoms with Crippen molar-refractivity contribution < 1.29 is 4.42 Å². The first-order valence-corrected chi connectivity index (χ1v) is 15.6. The molecule has 0 radical (unpaired) electrons. The molecule has 1 atom stereocenters. The molecule has 1 aromatic heterocycles. The number of benzene rings is 7. The second kappa shape index (κ2) is 11.2. The molecular weight excluding hydrogens is 546 g/mol. The fourth-order valence-corrected chi connectivity index (χ4v) is 6.87. The van der Waals surface area contributed by atoms with Crippen molar-refractivity contribution in [2.75, 3.05) is 4.90 Å². The molecule has 0 saturated heterocycles. The fraction of sp³-hybridized carbons (Fsp3) is 0.0698. The number of hydrogen-bond acceptors (Lipinski definition) is 2. The van der Waals surface area contributed by atoms with Gasteiger partial charge in [0.15, 0.2) is 0 Å². The van der Waals surface area contributed by atoms with Crippen LogP contribution in [0.3, 0.4) is 0 Å². The smallest absolute Gasteiger partial charge is 0.137 e. The van der Waals surface area contributed by atoms with Crippen LogP contribution in [0, 0.1) is 13.8 Å². The SMILES string of the molecule is Cc1cccc(C(c2ccccc2)c2cc3oc4cc(N(c5ccccc5)c5cccc(C)c5)ccc4c3c3ccccc23)c1. The lowest BCUT2D eigenvalue weighted by atomic mass is 9.81. The van der Waals surface area contributed by atoms with Gasteiger partial charge in [-0.05, 0) is 89.3 Å². The minimum absolute atomic E-state index is 0.0686. The van der Waals surface area contributed by atoms with Crippen molar-refractivity contribution in [3.8, 4) is 0 Å². The molecule has 1 unspecified atom stereocenters. The average Bonchev–Trinajstić information content (AvgIpc) is 3.44. The summed E-state index contributed by atoms with van der Waals surface area (Å²) in [7, 11) is 0. The maximum Gasteiger partial charge on any atom is 0.137 e. The van der Waals surface area contributed by atoms with E-state index in [0.29, 0.717) is 0 Å². The van der Waals surface area contributed by atoms with Crippen molar-refractivity contribution in [1.82, 2.24) is 0 Å². The van der Waals surface area contributed by atoms with Crippen molar-refractivity contribution in [1.29, 1.82) is 0 Å². The van der Waals surface area contributed by atoms with E-state index in [4.69, 9.17) is 4.42 Å². The fourth-order valence-electron chi connectivity index (χ4n) is 6.87. The number of fused-ring (bicyclic) bond motifs is 5. The molecule has 0 bridgehead atoms. The molecule has 7 aromatic carbocycles. The summed E-state index contributed by atoms with van der Waals surface area (Å²) in [6.07, 6.45) is 0. The standard InChI is InChI=1S/C43H33NO/c1-29-13-11-17-32(25-29)42(31-15-5-3-6-16-31)39-28-41-43(37-22-10-9-21-36(37)39)38-24-23-35(27-40(38)45-41)44(33-18-7-4-8-19-33)34-20-12-14-30(2)26-34/h3-28,42H,1-2H3. The topological polar surface area (TPSA) is 16.4 Å². The molecule has 1 heterocycles. The summed E-state index contributed by atoms with van der Waals surface area (Å²) in [5.41, 5.74) is 11.3. The van der Waals surface area contributed by atoms with Crippen molar-refractivity contribution >= 4 is 49.8 Å². The van der Waals surface area contributed by atoms with Gasteiger partial charge in [-0.2, -0.15) is 0 Å². The van der Waals surface area contributed by atoms with Crippen LogP contribution in [-0.2, 0) is 0 Å². The van der Waals surface area contributed by atoms with Crippen LogP contribution in [0.15, 0.2) is 162 Å². The minimum Gasteiger partial charge on any atom is -0.456 e. The second-order valence-corrected chi connectivity index (χ2v) is 11.9. The lowest BCUT2D eigenvalue weighted by Gasteiger charge is -2.25. The average molecular weight is 580 g/mol. The Kier molecular flexibility index (Phi) is 6.69. The van der Waals surface area contributed by atoms with E-state index in [0.717, 1.165) is 39.0 Å². The molecule has 0 spiro atoms. The first-order chi connectivity index (χ1) is 22.1. The van der Waals surface area contributed by atoms with Gasteiger partial charge in [-0.3, -0.25) is 0 Å². The third kappa shape index (κ3) is 4.85. The van der Waals surface area contributed by atoms with Crippen LogP contribution < -0.4 is 4.90 Å². The zero-order valence-electron chi connectivity index (χ0n) is 25.4. The van der Waals surface area contributed by atoms with E-state index in [9.17, 15) is 0 Å². The summed E-state index contributed by atoms with van der Waals surface area (Å²) < 4.78 is 6.81. The molecule has 0 saturated carbocycles. The Morgan fingerprint density at radius 1 is 0.444 bits per heavy atom. The highest BCUT2D eigenvalue weighted by atomic mass is 16.3. The highest BCUT2D eigenvalue weighted by molar-refractivity contribution is 6.20. The molecular formula is C43H33NO. The molecule has 0 aliphatic rings. The van der Waals surface area contributed by atoms with Gasteiger partial charge in [-0.1, -0.05) is 115 Å². The van der Waals surface area contributed by atoms with Crippen molar-refractivity contribution in [2.45, 2.75) is 19.8 Å². The number of nitrogens with zero attached hydrogens (tertiary/aromatic N) is 1. The van der Waals surface area contributed by atoms with Gasteiger partial charge in [0.25, 0.3) is 0 Å². The zero-order valence-corrected chi connectivity index (χ0v) is 25.4. The van der Waals surface area contributed by atoms with Gasteiger partial charge in [-0.25, -0.2) is 0 Å². The van der Waals surface area contributed by atoms with Crippen LogP contribution in [0.5, 0.6) is 0 Å². The first kappa shape index (κ1) is 27.0. The first-order valence-electron chi connectivity index (χ1n) is 15.6. The van der Waals surface area contributed by atoms with Crippen LogP contribution in [0.2, 0.25) is 0 Å². The Labute approximate surface area is 263 Å². The molecule has 2 heteroatoms. The third-order valence-electron chi connectivity index (χ3n) is 8.85. The van der Waals surface area contributed by atoms with E-state index >= 15 is 0 Å². The van der Waals surface area contributed by atoms with Crippen molar-refractivity contribution in [2.24, 2.45) is 0 Å². The van der Waals surface area contributed by atoms with Crippen LogP contribution in [0.1, 0.15) is 33.7 Å². The Hall–Kier alpha value is -5.60. The monoisotopic (exact) mass is 579 g/mol. The third-order valence-corrected chi connectivity index (χ3v) is 8.85. The minimum atomic E-state index is 0.0686. The van der Waals surface area contributed by atoms with Gasteiger partial charge in [0.2, 0.25) is 0 Å². The summed E-state index contributed by atoms with van der Waals surface area (Å²) >= 11 is 0. The van der Waals surface area contributed by atoms with E-state index in [1.807, 2.05) is 0 Å². The molecule has 0 fully saturated rings. The van der Waals surface area contributed by atoms with Crippen LogP contribution >= 0.6 is 0 Å². The van der Waals surface area contributed by atoms with E-state index in [1.54, 1.807) is 0 Å². The molecule has 8 rings (SSSR count). The van der Waals surface area contributed by atoms with Crippen molar-refractivity contribution in [3.63, 3.8) is 0 Å². The second-order valence-electron chi connectivity index (χ2n) is 11.9. The summed E-state index contributed by atoms with van der Waals surface area (Å²) in [6.45, 7) is 4.30. The number of rotatable bonds is 6. The maximum atomic E-state index is 6.81. The van der Waals surface area contributed by atoms with E-state index < -0.39 is 0 Å². The molecule has 0 N–H and O–H groups in total. The normalized spacial score (nSPS) is 12.1. The number of hydrogen-bond donors (Lipinski definition) is 0. The predicted octanol–water partition coefficient (Wildman–Crippen LogP) is 12.0. The molecule has 0 amide bonds. The Morgan fingerprint density at radius 3 is 1.82 bits per heavy atom. The van der Waals surface area contributed by atoms with E-state index in [2.05, 4.69) is 176 Å². The molecule has 8 aromatic rings. The lowest BCUT2D eigenvalue weighted by Crippen LogP contribution is -2.09. The number of aryl methyl sites for hydroxylation is 2. The summed E-state index contributed by atoms with van der Waals surface area (Å²) in [4.78, 5) is 2.30. The number of furan rings is 1. The van der Waals surface area contributed by atoms with Crippen molar-refractivity contribution in [3.05, 3.63) is 186 Å². The summed E-state index contributed by atoms with van der Waals surface area (Å²) in [5, 5.41) is 4.75. The molecule has 0 aliphatic heterocycles. The lowest BCUT2D eigenvalue weighted by molar-refractivity contribution is 0.668. The highest BCUT2D eigenvalue weighted by Gasteiger charge is 2.23. The van der Waals surface area contributed by atoms with E-state index in [1.165, 1.54) is 38.6 Å². The van der Waals surface area contributed by atoms with Crippen LogP contribution in [0.25, 0.3) is 32.7 Å².